The molecule has 0 aliphatic carbocycles. The Kier molecular flexibility index (Phi) is 4.75. The number of hydrogen-bond donors (Lipinski definition) is 1. The van der Waals surface area contributed by atoms with Crippen LogP contribution >= 0.6 is 0 Å². The summed E-state index contributed by atoms with van der Waals surface area (Å²) in [5.41, 5.74) is -0.387. The molecule has 4 heteroatoms. The van der Waals surface area contributed by atoms with Gasteiger partial charge in [-0.3, -0.25) is 10.1 Å². The summed E-state index contributed by atoms with van der Waals surface area (Å²) in [5.74, 6) is 1.33. The summed E-state index contributed by atoms with van der Waals surface area (Å²) in [5, 5.41) is 3.57. The van der Waals surface area contributed by atoms with E-state index in [1.54, 1.807) is 0 Å². The van der Waals surface area contributed by atoms with Gasteiger partial charge in [0.15, 0.2) is 0 Å². The molecular weight excluding hydrogens is 252 g/mol. The molecule has 116 valence electrons. The first kappa shape index (κ1) is 15.8. The summed E-state index contributed by atoms with van der Waals surface area (Å²) in [6.07, 6.45) is 3.38. The molecule has 1 amide bonds. The van der Waals surface area contributed by atoms with E-state index >= 15 is 0 Å². The largest absolute Gasteiger partial charge is 0.378 e. The third-order valence-electron chi connectivity index (χ3n) is 4.96. The summed E-state index contributed by atoms with van der Waals surface area (Å²) in [6.45, 7) is 12.4. The van der Waals surface area contributed by atoms with Crippen LogP contribution in [0.15, 0.2) is 0 Å². The smallest absolute Gasteiger partial charge is 0.243 e. The van der Waals surface area contributed by atoms with Crippen LogP contribution in [0.3, 0.4) is 0 Å². The SMILES string of the molecule is CCC1(C)NC(CC(C)C)N(CC2CCOC2C)C1=O. The van der Waals surface area contributed by atoms with Crippen LogP contribution in [0.2, 0.25) is 0 Å². The van der Waals surface area contributed by atoms with Gasteiger partial charge in [0, 0.05) is 19.1 Å². The maximum atomic E-state index is 12.8. The summed E-state index contributed by atoms with van der Waals surface area (Å²) in [4.78, 5) is 14.8. The number of carbonyl (C=O) groups is 1. The van der Waals surface area contributed by atoms with Crippen molar-refractivity contribution in [1.29, 1.82) is 0 Å². The van der Waals surface area contributed by atoms with Gasteiger partial charge >= 0.3 is 0 Å². The summed E-state index contributed by atoms with van der Waals surface area (Å²) >= 11 is 0. The van der Waals surface area contributed by atoms with E-state index in [9.17, 15) is 4.79 Å². The van der Waals surface area contributed by atoms with Crippen LogP contribution in [-0.4, -0.2) is 41.8 Å². The van der Waals surface area contributed by atoms with Crippen LogP contribution in [0, 0.1) is 11.8 Å². The lowest BCUT2D eigenvalue weighted by molar-refractivity contribution is -0.133. The van der Waals surface area contributed by atoms with E-state index in [0.717, 1.165) is 32.4 Å². The Morgan fingerprint density at radius 3 is 2.70 bits per heavy atom. The van der Waals surface area contributed by atoms with Crippen molar-refractivity contribution in [2.75, 3.05) is 13.2 Å². The second-order valence-corrected chi connectivity index (χ2v) is 7.06. The van der Waals surface area contributed by atoms with Crippen LogP contribution in [0.25, 0.3) is 0 Å². The molecule has 0 aromatic carbocycles. The molecule has 2 rings (SSSR count). The molecule has 2 heterocycles. The molecule has 0 spiro atoms. The maximum absolute atomic E-state index is 12.8. The molecule has 4 atom stereocenters. The maximum Gasteiger partial charge on any atom is 0.243 e. The van der Waals surface area contributed by atoms with Gasteiger partial charge in [-0.05, 0) is 39.0 Å². The van der Waals surface area contributed by atoms with E-state index in [1.165, 1.54) is 0 Å². The van der Waals surface area contributed by atoms with Crippen molar-refractivity contribution in [3.05, 3.63) is 0 Å². The average Bonchev–Trinajstić information content (AvgIpc) is 2.87. The van der Waals surface area contributed by atoms with Crippen LogP contribution < -0.4 is 5.32 Å². The van der Waals surface area contributed by atoms with Crippen molar-refractivity contribution in [2.45, 2.75) is 71.7 Å². The van der Waals surface area contributed by atoms with Gasteiger partial charge in [-0.15, -0.1) is 0 Å². The fourth-order valence-corrected chi connectivity index (χ4v) is 3.33. The molecular formula is C16H30N2O2. The molecule has 0 bridgehead atoms. The molecule has 4 unspecified atom stereocenters. The van der Waals surface area contributed by atoms with Gasteiger partial charge in [-0.25, -0.2) is 0 Å². The summed E-state index contributed by atoms with van der Waals surface area (Å²) in [7, 11) is 0. The molecule has 2 saturated heterocycles. The Labute approximate surface area is 123 Å². The normalized spacial score (nSPS) is 38.2. The van der Waals surface area contributed by atoms with Gasteiger partial charge in [-0.2, -0.15) is 0 Å². The second-order valence-electron chi connectivity index (χ2n) is 7.06. The zero-order valence-electron chi connectivity index (χ0n) is 13.6. The first-order chi connectivity index (χ1) is 9.37. The fraction of sp³-hybridized carbons (Fsp3) is 0.938. The Hall–Kier alpha value is -0.610. The minimum absolute atomic E-state index is 0.181. The van der Waals surface area contributed by atoms with Crippen molar-refractivity contribution < 1.29 is 9.53 Å². The molecule has 4 nitrogen and oxygen atoms in total. The number of rotatable bonds is 5. The van der Waals surface area contributed by atoms with Gasteiger partial charge in [0.25, 0.3) is 0 Å². The standard InChI is InChI=1S/C16H30N2O2/c1-6-16(5)15(19)18(14(17-16)9-11(2)3)10-13-7-8-20-12(13)4/h11-14,17H,6-10H2,1-5H3. The first-order valence-corrected chi connectivity index (χ1v) is 8.07. The van der Waals surface area contributed by atoms with Crippen molar-refractivity contribution in [3.63, 3.8) is 0 Å². The van der Waals surface area contributed by atoms with E-state index in [1.807, 2.05) is 6.92 Å². The van der Waals surface area contributed by atoms with Crippen LogP contribution in [0.4, 0.5) is 0 Å². The Morgan fingerprint density at radius 1 is 1.50 bits per heavy atom. The third kappa shape index (κ3) is 3.01. The minimum atomic E-state index is -0.387. The Balaban J connectivity index is 2.11. The Bertz CT molecular complexity index is 358. The number of hydrogen-bond acceptors (Lipinski definition) is 3. The highest BCUT2D eigenvalue weighted by Crippen LogP contribution is 2.30. The van der Waals surface area contributed by atoms with Crippen LogP contribution in [0.1, 0.15) is 53.9 Å². The number of carbonyl (C=O) groups excluding carboxylic acids is 1. The summed E-state index contributed by atoms with van der Waals surface area (Å²) < 4.78 is 5.65. The van der Waals surface area contributed by atoms with Gasteiger partial charge in [0.1, 0.15) is 0 Å². The van der Waals surface area contributed by atoms with E-state index < -0.39 is 0 Å². The van der Waals surface area contributed by atoms with E-state index in [4.69, 9.17) is 4.74 Å². The molecule has 0 aromatic rings. The number of ether oxygens (including phenoxy) is 1. The van der Waals surface area contributed by atoms with E-state index in [-0.39, 0.29) is 23.7 Å². The van der Waals surface area contributed by atoms with Gasteiger partial charge in [0.05, 0.1) is 17.8 Å². The van der Waals surface area contributed by atoms with Gasteiger partial charge < -0.3 is 9.64 Å². The predicted octanol–water partition coefficient (Wildman–Crippen LogP) is 2.38. The van der Waals surface area contributed by atoms with Crippen molar-refractivity contribution >= 4 is 5.91 Å². The van der Waals surface area contributed by atoms with Crippen LogP contribution in [-0.2, 0) is 9.53 Å². The summed E-state index contributed by atoms with van der Waals surface area (Å²) in [6, 6.07) is 0. The highest BCUT2D eigenvalue weighted by Gasteiger charge is 2.47. The van der Waals surface area contributed by atoms with E-state index in [2.05, 4.69) is 37.9 Å². The zero-order chi connectivity index (χ0) is 14.9. The second kappa shape index (κ2) is 6.02. The quantitative estimate of drug-likeness (QED) is 0.842. The molecule has 2 aliphatic rings. The highest BCUT2D eigenvalue weighted by atomic mass is 16.5. The topological polar surface area (TPSA) is 41.6 Å². The van der Waals surface area contributed by atoms with Crippen molar-refractivity contribution in [1.82, 2.24) is 10.2 Å². The zero-order valence-corrected chi connectivity index (χ0v) is 13.6. The van der Waals surface area contributed by atoms with Gasteiger partial charge in [-0.1, -0.05) is 20.8 Å². The lowest BCUT2D eigenvalue weighted by Crippen LogP contribution is -2.44. The van der Waals surface area contributed by atoms with Crippen molar-refractivity contribution in [2.24, 2.45) is 11.8 Å². The fourth-order valence-electron chi connectivity index (χ4n) is 3.33. The molecule has 20 heavy (non-hydrogen) atoms. The molecule has 0 saturated carbocycles. The number of amides is 1. The third-order valence-corrected chi connectivity index (χ3v) is 4.96. The van der Waals surface area contributed by atoms with Crippen LogP contribution in [0.5, 0.6) is 0 Å². The monoisotopic (exact) mass is 282 g/mol. The molecule has 0 radical (unpaired) electrons. The minimum Gasteiger partial charge on any atom is -0.378 e. The van der Waals surface area contributed by atoms with Crippen molar-refractivity contribution in [3.8, 4) is 0 Å². The van der Waals surface area contributed by atoms with E-state index in [0.29, 0.717) is 11.8 Å². The predicted molar refractivity (Wildman–Crippen MR) is 80.3 cm³/mol. The lowest BCUT2D eigenvalue weighted by Gasteiger charge is -2.29. The molecule has 2 fully saturated rings. The Morgan fingerprint density at radius 2 is 2.20 bits per heavy atom. The van der Waals surface area contributed by atoms with Gasteiger partial charge in [0.2, 0.25) is 5.91 Å². The lowest BCUT2D eigenvalue weighted by atomic mass is 9.98. The molecule has 2 aliphatic heterocycles. The first-order valence-electron chi connectivity index (χ1n) is 8.07. The molecule has 1 N–H and O–H groups in total. The molecule has 0 aromatic heterocycles. The number of nitrogens with zero attached hydrogens (tertiary/aromatic N) is 1. The highest BCUT2D eigenvalue weighted by molar-refractivity contribution is 5.88. The number of nitrogens with one attached hydrogen (secondary N) is 1. The average molecular weight is 282 g/mol.